The monoisotopic (exact) mass is 721 g/mol. The zero-order valence-electron chi connectivity index (χ0n) is 32.0. The fourth-order valence-electron chi connectivity index (χ4n) is 7.88. The number of fused-ring (bicyclic) bond motifs is 1. The van der Waals surface area contributed by atoms with Crippen LogP contribution in [0.3, 0.4) is 0 Å². The molecule has 9 aromatic rings. The minimum absolute atomic E-state index is 0.120. The van der Waals surface area contributed by atoms with Crippen LogP contribution < -0.4 is 4.90 Å². The largest absolute Gasteiger partial charge is 0.456 e. The standard InChI is InChI=1S/C54H43NO/c1-54(2,3)52-49-22-11-13-24-51(49)56-53(52)45-19-14-20-47(37-45)55(46-35-33-43(34-36-46)42-27-25-40(26-28-42)38-15-6-4-7-16-38)50-23-12-10-21-48(50)44-31-29-41(30-32-44)39-17-8-5-9-18-39/h4-37H,1-3H3. The summed E-state index contributed by atoms with van der Waals surface area (Å²) in [6.07, 6.45) is 0. The topological polar surface area (TPSA) is 16.4 Å². The minimum Gasteiger partial charge on any atom is -0.456 e. The van der Waals surface area contributed by atoms with Gasteiger partial charge in [0.2, 0.25) is 0 Å². The van der Waals surface area contributed by atoms with Crippen molar-refractivity contribution >= 4 is 28.0 Å². The van der Waals surface area contributed by atoms with Gasteiger partial charge in [-0.1, -0.05) is 191 Å². The second-order valence-electron chi connectivity index (χ2n) is 15.4. The molecule has 0 saturated heterocycles. The van der Waals surface area contributed by atoms with Crippen LogP contribution in [-0.4, -0.2) is 0 Å². The molecule has 270 valence electrons. The molecule has 0 aliphatic rings. The smallest absolute Gasteiger partial charge is 0.139 e. The first-order chi connectivity index (χ1) is 27.4. The third-order valence-corrected chi connectivity index (χ3v) is 10.6. The first-order valence-electron chi connectivity index (χ1n) is 19.3. The Morgan fingerprint density at radius 3 is 1.43 bits per heavy atom. The molecular formula is C54H43NO. The Morgan fingerprint density at radius 1 is 0.375 bits per heavy atom. The second kappa shape index (κ2) is 14.7. The Hall–Kier alpha value is -6.90. The molecule has 0 saturated carbocycles. The van der Waals surface area contributed by atoms with E-state index in [4.69, 9.17) is 4.42 Å². The van der Waals surface area contributed by atoms with Crippen LogP contribution >= 0.6 is 0 Å². The SMILES string of the molecule is CC(C)(C)c1c(-c2cccc(N(c3ccc(-c4ccc(-c5ccccc5)cc4)cc3)c3ccccc3-c3ccc(-c4ccccc4)cc3)c2)oc2ccccc12. The molecule has 2 nitrogen and oxygen atoms in total. The van der Waals surface area contributed by atoms with Gasteiger partial charge in [-0.2, -0.15) is 0 Å². The molecule has 56 heavy (non-hydrogen) atoms. The summed E-state index contributed by atoms with van der Waals surface area (Å²) in [4.78, 5) is 2.38. The van der Waals surface area contributed by atoms with Crippen molar-refractivity contribution in [3.8, 4) is 55.8 Å². The lowest BCUT2D eigenvalue weighted by Gasteiger charge is -2.28. The zero-order chi connectivity index (χ0) is 38.1. The molecule has 0 aliphatic heterocycles. The number of benzene rings is 8. The number of rotatable bonds is 8. The molecule has 0 fully saturated rings. The number of anilines is 3. The Bertz CT molecular complexity index is 2740. The fourth-order valence-corrected chi connectivity index (χ4v) is 7.88. The highest BCUT2D eigenvalue weighted by Crippen LogP contribution is 2.45. The molecule has 0 bridgehead atoms. The van der Waals surface area contributed by atoms with Gasteiger partial charge in [-0.05, 0) is 80.8 Å². The number of hydrogen-bond acceptors (Lipinski definition) is 2. The lowest BCUT2D eigenvalue weighted by molar-refractivity contribution is 0.568. The molecule has 0 atom stereocenters. The summed E-state index contributed by atoms with van der Waals surface area (Å²) >= 11 is 0. The van der Waals surface area contributed by atoms with Gasteiger partial charge in [0.15, 0.2) is 0 Å². The Kier molecular flexibility index (Phi) is 9.17. The Morgan fingerprint density at radius 2 is 0.839 bits per heavy atom. The van der Waals surface area contributed by atoms with Gasteiger partial charge in [0.25, 0.3) is 0 Å². The van der Waals surface area contributed by atoms with Crippen LogP contribution in [0.4, 0.5) is 17.1 Å². The van der Waals surface area contributed by atoms with E-state index < -0.39 is 0 Å². The number of nitrogens with zero attached hydrogens (tertiary/aromatic N) is 1. The molecule has 0 aliphatic carbocycles. The Balaban J connectivity index is 1.16. The van der Waals surface area contributed by atoms with Crippen molar-refractivity contribution in [1.29, 1.82) is 0 Å². The summed E-state index contributed by atoms with van der Waals surface area (Å²) in [5.41, 5.74) is 15.8. The highest BCUT2D eigenvalue weighted by atomic mass is 16.3. The number of furan rings is 1. The van der Waals surface area contributed by atoms with Crippen molar-refractivity contribution < 1.29 is 4.42 Å². The predicted molar refractivity (Wildman–Crippen MR) is 237 cm³/mol. The van der Waals surface area contributed by atoms with Crippen LogP contribution in [0.5, 0.6) is 0 Å². The van der Waals surface area contributed by atoms with Crippen molar-refractivity contribution in [2.45, 2.75) is 26.2 Å². The van der Waals surface area contributed by atoms with Crippen molar-refractivity contribution in [2.75, 3.05) is 4.90 Å². The molecule has 0 amide bonds. The van der Waals surface area contributed by atoms with Crippen molar-refractivity contribution in [3.05, 3.63) is 212 Å². The van der Waals surface area contributed by atoms with Gasteiger partial charge < -0.3 is 9.32 Å². The first-order valence-corrected chi connectivity index (χ1v) is 19.3. The van der Waals surface area contributed by atoms with Gasteiger partial charge in [0, 0.05) is 33.5 Å². The summed E-state index contributed by atoms with van der Waals surface area (Å²) in [7, 11) is 0. The van der Waals surface area contributed by atoms with Crippen molar-refractivity contribution in [1.82, 2.24) is 0 Å². The van der Waals surface area contributed by atoms with Crippen LogP contribution in [0.2, 0.25) is 0 Å². The Labute approximate surface area is 330 Å². The predicted octanol–water partition coefficient (Wildman–Crippen LogP) is 15.5. The van der Waals surface area contributed by atoms with Gasteiger partial charge in [-0.3, -0.25) is 0 Å². The first kappa shape index (κ1) is 34.8. The molecule has 2 heteroatoms. The average Bonchev–Trinajstić information content (AvgIpc) is 3.66. The van der Waals surface area contributed by atoms with E-state index in [1.54, 1.807) is 0 Å². The highest BCUT2D eigenvalue weighted by molar-refractivity contribution is 5.92. The van der Waals surface area contributed by atoms with E-state index in [2.05, 4.69) is 226 Å². The summed E-state index contributed by atoms with van der Waals surface area (Å²) in [6, 6.07) is 73.7. The van der Waals surface area contributed by atoms with Crippen molar-refractivity contribution in [3.63, 3.8) is 0 Å². The molecule has 0 N–H and O–H groups in total. The van der Waals surface area contributed by atoms with Crippen LogP contribution in [0, 0.1) is 0 Å². The van der Waals surface area contributed by atoms with E-state index in [0.29, 0.717) is 0 Å². The summed E-state index contributed by atoms with van der Waals surface area (Å²) < 4.78 is 6.68. The van der Waals surface area contributed by atoms with Crippen LogP contribution in [0.15, 0.2) is 211 Å². The zero-order valence-corrected chi connectivity index (χ0v) is 32.0. The maximum Gasteiger partial charge on any atom is 0.139 e. The van der Waals surface area contributed by atoms with E-state index in [9.17, 15) is 0 Å². The molecule has 1 heterocycles. The van der Waals surface area contributed by atoms with Gasteiger partial charge in [0.1, 0.15) is 11.3 Å². The third kappa shape index (κ3) is 6.83. The maximum absolute atomic E-state index is 6.68. The van der Waals surface area contributed by atoms with Crippen LogP contribution in [0.1, 0.15) is 26.3 Å². The average molecular weight is 722 g/mol. The van der Waals surface area contributed by atoms with Gasteiger partial charge >= 0.3 is 0 Å². The fraction of sp³-hybridized carbons (Fsp3) is 0.0741. The van der Waals surface area contributed by atoms with E-state index in [1.165, 1.54) is 38.9 Å². The summed E-state index contributed by atoms with van der Waals surface area (Å²) in [5, 5.41) is 1.16. The molecule has 0 spiro atoms. The molecule has 9 rings (SSSR count). The number of para-hydroxylation sites is 2. The lowest BCUT2D eigenvalue weighted by Crippen LogP contribution is -2.12. The summed E-state index contributed by atoms with van der Waals surface area (Å²) in [5.74, 6) is 0.916. The third-order valence-electron chi connectivity index (χ3n) is 10.6. The van der Waals surface area contributed by atoms with Gasteiger partial charge in [-0.25, -0.2) is 0 Å². The lowest BCUT2D eigenvalue weighted by atomic mass is 9.83. The molecular weight excluding hydrogens is 679 g/mol. The molecule has 1 aromatic heterocycles. The van der Waals surface area contributed by atoms with Gasteiger partial charge in [0.05, 0.1) is 5.69 Å². The molecule has 8 aromatic carbocycles. The normalized spacial score (nSPS) is 11.5. The quantitative estimate of drug-likeness (QED) is 0.155. The molecule has 0 radical (unpaired) electrons. The van der Waals surface area contributed by atoms with E-state index in [-0.39, 0.29) is 5.41 Å². The highest BCUT2D eigenvalue weighted by Gasteiger charge is 2.27. The molecule has 0 unspecified atom stereocenters. The van der Waals surface area contributed by atoms with E-state index in [1.807, 2.05) is 6.07 Å². The van der Waals surface area contributed by atoms with Crippen LogP contribution in [0.25, 0.3) is 66.8 Å². The van der Waals surface area contributed by atoms with Crippen molar-refractivity contribution in [2.24, 2.45) is 0 Å². The van der Waals surface area contributed by atoms with E-state index in [0.717, 1.165) is 50.5 Å². The number of hydrogen-bond donors (Lipinski definition) is 0. The maximum atomic E-state index is 6.68. The second-order valence-corrected chi connectivity index (χ2v) is 15.4. The van der Waals surface area contributed by atoms with Gasteiger partial charge in [-0.15, -0.1) is 0 Å². The van der Waals surface area contributed by atoms with Crippen LogP contribution in [-0.2, 0) is 5.41 Å². The summed E-state index contributed by atoms with van der Waals surface area (Å²) in [6.45, 7) is 6.79. The minimum atomic E-state index is -0.120. The van der Waals surface area contributed by atoms with E-state index >= 15 is 0 Å².